The third-order valence-corrected chi connectivity index (χ3v) is 3.52. The molecule has 1 saturated heterocycles. The van der Waals surface area contributed by atoms with Gasteiger partial charge in [0.05, 0.1) is 13.0 Å². The van der Waals surface area contributed by atoms with Gasteiger partial charge in [0, 0.05) is 19.1 Å². The molecule has 5 heteroatoms. The van der Waals surface area contributed by atoms with E-state index in [1.807, 2.05) is 37.3 Å². The van der Waals surface area contributed by atoms with Gasteiger partial charge in [-0.15, -0.1) is 0 Å². The van der Waals surface area contributed by atoms with Crippen LogP contribution in [0.25, 0.3) is 0 Å². The molecular formula is C15H21N3O2. The number of benzene rings is 1. The fourth-order valence-corrected chi connectivity index (χ4v) is 2.24. The average molecular weight is 275 g/mol. The Hall–Kier alpha value is -1.72. The Morgan fingerprint density at radius 1 is 1.25 bits per heavy atom. The zero-order valence-corrected chi connectivity index (χ0v) is 11.8. The van der Waals surface area contributed by atoms with Crippen molar-refractivity contribution in [3.63, 3.8) is 0 Å². The number of hydrogen-bond donors (Lipinski definition) is 2. The van der Waals surface area contributed by atoms with Crippen molar-refractivity contribution in [3.8, 4) is 0 Å². The third-order valence-electron chi connectivity index (χ3n) is 3.52. The van der Waals surface area contributed by atoms with Gasteiger partial charge in [-0.25, -0.2) is 0 Å². The fourth-order valence-electron chi connectivity index (χ4n) is 2.24. The highest BCUT2D eigenvalue weighted by Gasteiger charge is 2.25. The van der Waals surface area contributed by atoms with E-state index >= 15 is 0 Å². The largest absolute Gasteiger partial charge is 0.314 e. The molecule has 0 aromatic heterocycles. The Labute approximate surface area is 119 Å². The maximum absolute atomic E-state index is 11.9. The molecule has 0 atom stereocenters. The zero-order valence-electron chi connectivity index (χ0n) is 11.8. The van der Waals surface area contributed by atoms with Gasteiger partial charge < -0.3 is 5.32 Å². The fraction of sp³-hybridized carbons (Fsp3) is 0.467. The molecule has 0 unspecified atom stereocenters. The van der Waals surface area contributed by atoms with Gasteiger partial charge in [0.15, 0.2) is 0 Å². The molecule has 0 aliphatic carbocycles. The second kappa shape index (κ2) is 7.17. The Bertz CT molecular complexity index is 457. The topological polar surface area (TPSA) is 61.4 Å². The molecule has 0 bridgehead atoms. The molecule has 0 radical (unpaired) electrons. The lowest BCUT2D eigenvalue weighted by atomic mass is 10.1. The normalized spacial score (nSPS) is 14.9. The molecule has 1 aliphatic rings. The summed E-state index contributed by atoms with van der Waals surface area (Å²) in [6.45, 7) is 4.95. The van der Waals surface area contributed by atoms with Gasteiger partial charge in [-0.05, 0) is 12.1 Å². The van der Waals surface area contributed by atoms with Crippen LogP contribution in [0.2, 0.25) is 0 Å². The first-order valence-corrected chi connectivity index (χ1v) is 7.00. The van der Waals surface area contributed by atoms with E-state index in [1.54, 1.807) is 0 Å². The Balaban J connectivity index is 1.77. The Kier molecular flexibility index (Phi) is 5.26. The van der Waals surface area contributed by atoms with Crippen LogP contribution in [0.3, 0.4) is 0 Å². The van der Waals surface area contributed by atoms with Crippen molar-refractivity contribution in [3.05, 3.63) is 35.9 Å². The lowest BCUT2D eigenvalue weighted by Gasteiger charge is -2.37. The molecule has 1 fully saturated rings. The number of hydrogen-bond acceptors (Lipinski definition) is 4. The first-order valence-electron chi connectivity index (χ1n) is 7.00. The van der Waals surface area contributed by atoms with Crippen molar-refractivity contribution >= 4 is 11.8 Å². The molecule has 0 spiro atoms. The molecule has 2 amide bonds. The minimum Gasteiger partial charge on any atom is -0.314 e. The third kappa shape index (κ3) is 4.15. The van der Waals surface area contributed by atoms with E-state index in [-0.39, 0.29) is 24.8 Å². The summed E-state index contributed by atoms with van der Waals surface area (Å²) >= 11 is 0. The summed E-state index contributed by atoms with van der Waals surface area (Å²) in [4.78, 5) is 25.7. The lowest BCUT2D eigenvalue weighted by molar-refractivity contribution is -0.131. The Morgan fingerprint density at radius 3 is 2.50 bits per heavy atom. The van der Waals surface area contributed by atoms with Gasteiger partial charge in [0.2, 0.25) is 11.8 Å². The molecule has 20 heavy (non-hydrogen) atoms. The van der Waals surface area contributed by atoms with Gasteiger partial charge in [-0.3, -0.25) is 19.8 Å². The summed E-state index contributed by atoms with van der Waals surface area (Å²) in [5.41, 5.74) is 0.911. The highest BCUT2D eigenvalue weighted by atomic mass is 16.2. The molecule has 1 aliphatic heterocycles. The van der Waals surface area contributed by atoms with Crippen LogP contribution in [-0.4, -0.2) is 48.9 Å². The molecule has 2 rings (SSSR count). The summed E-state index contributed by atoms with van der Waals surface area (Å²) in [7, 11) is 0. The van der Waals surface area contributed by atoms with Gasteiger partial charge in [-0.2, -0.15) is 0 Å². The molecular weight excluding hydrogens is 254 g/mol. The van der Waals surface area contributed by atoms with Gasteiger partial charge in [0.1, 0.15) is 0 Å². The number of likely N-dealkylation sites (N-methyl/N-ethyl adjacent to an activating group) is 1. The highest BCUT2D eigenvalue weighted by Crippen LogP contribution is 2.04. The quantitative estimate of drug-likeness (QED) is 0.777. The van der Waals surface area contributed by atoms with Crippen molar-refractivity contribution in [1.82, 2.24) is 15.5 Å². The van der Waals surface area contributed by atoms with E-state index in [0.717, 1.165) is 25.2 Å². The first-order chi connectivity index (χ1) is 9.69. The van der Waals surface area contributed by atoms with Crippen LogP contribution >= 0.6 is 0 Å². The maximum atomic E-state index is 11.9. The predicted octanol–water partition coefficient (Wildman–Crippen LogP) is 0.166. The zero-order chi connectivity index (χ0) is 14.4. The van der Waals surface area contributed by atoms with Crippen molar-refractivity contribution in [2.75, 3.05) is 26.2 Å². The first kappa shape index (κ1) is 14.7. The maximum Gasteiger partial charge on any atom is 0.240 e. The van der Waals surface area contributed by atoms with Crippen LogP contribution in [0.4, 0.5) is 0 Å². The smallest absolute Gasteiger partial charge is 0.240 e. The number of nitrogens with zero attached hydrogens (tertiary/aromatic N) is 1. The number of rotatable bonds is 6. The summed E-state index contributed by atoms with van der Waals surface area (Å²) in [5, 5.41) is 5.64. The van der Waals surface area contributed by atoms with Crippen LogP contribution in [0, 0.1) is 0 Å². The van der Waals surface area contributed by atoms with E-state index in [9.17, 15) is 9.59 Å². The number of carbonyl (C=O) groups is 2. The Morgan fingerprint density at radius 2 is 1.95 bits per heavy atom. The average Bonchev–Trinajstić information content (AvgIpc) is 2.36. The van der Waals surface area contributed by atoms with E-state index in [1.165, 1.54) is 0 Å². The van der Waals surface area contributed by atoms with Crippen LogP contribution in [0.1, 0.15) is 12.5 Å². The number of imide groups is 1. The van der Waals surface area contributed by atoms with Crippen molar-refractivity contribution in [2.24, 2.45) is 0 Å². The van der Waals surface area contributed by atoms with Crippen LogP contribution in [-0.2, 0) is 16.0 Å². The summed E-state index contributed by atoms with van der Waals surface area (Å²) < 4.78 is 0. The summed E-state index contributed by atoms with van der Waals surface area (Å²) in [6.07, 6.45) is 0.240. The van der Waals surface area contributed by atoms with Gasteiger partial charge in [0.25, 0.3) is 0 Å². The van der Waals surface area contributed by atoms with Crippen LogP contribution < -0.4 is 10.6 Å². The minimum absolute atomic E-state index is 0.223. The molecule has 0 saturated carbocycles. The van der Waals surface area contributed by atoms with Crippen molar-refractivity contribution in [1.29, 1.82) is 0 Å². The van der Waals surface area contributed by atoms with Crippen LogP contribution in [0.5, 0.6) is 0 Å². The van der Waals surface area contributed by atoms with Crippen molar-refractivity contribution < 1.29 is 9.59 Å². The summed E-state index contributed by atoms with van der Waals surface area (Å²) in [6, 6.07) is 9.83. The van der Waals surface area contributed by atoms with E-state index in [0.29, 0.717) is 6.04 Å². The second-order valence-corrected chi connectivity index (χ2v) is 5.01. The predicted molar refractivity (Wildman–Crippen MR) is 77.2 cm³/mol. The SMILES string of the molecule is CCN(CC(=O)NC(=O)Cc1ccccc1)C1CNC1. The molecule has 1 aromatic carbocycles. The van der Waals surface area contributed by atoms with E-state index in [2.05, 4.69) is 15.5 Å². The van der Waals surface area contributed by atoms with Crippen LogP contribution in [0.15, 0.2) is 30.3 Å². The minimum atomic E-state index is -0.246. The molecule has 108 valence electrons. The van der Waals surface area contributed by atoms with Crippen molar-refractivity contribution in [2.45, 2.75) is 19.4 Å². The van der Waals surface area contributed by atoms with Gasteiger partial charge in [-0.1, -0.05) is 37.3 Å². The van der Waals surface area contributed by atoms with E-state index in [4.69, 9.17) is 0 Å². The lowest BCUT2D eigenvalue weighted by Crippen LogP contribution is -2.59. The number of amides is 2. The highest BCUT2D eigenvalue weighted by molar-refractivity contribution is 5.96. The second-order valence-electron chi connectivity index (χ2n) is 5.01. The number of carbonyl (C=O) groups excluding carboxylic acids is 2. The van der Waals surface area contributed by atoms with Gasteiger partial charge >= 0.3 is 0 Å². The molecule has 5 nitrogen and oxygen atoms in total. The standard InChI is InChI=1S/C15H21N3O2/c1-2-18(13-9-16-10-13)11-15(20)17-14(19)8-12-6-4-3-5-7-12/h3-7,13,16H,2,8-11H2,1H3,(H,17,19,20). The molecule has 1 heterocycles. The number of nitrogens with one attached hydrogen (secondary N) is 2. The van der Waals surface area contributed by atoms with E-state index < -0.39 is 0 Å². The molecule has 1 aromatic rings. The summed E-state index contributed by atoms with van der Waals surface area (Å²) in [5.74, 6) is -0.469. The molecule has 2 N–H and O–H groups in total. The monoisotopic (exact) mass is 275 g/mol.